The number of hydrogen-bond acceptors (Lipinski definition) is 6. The van der Waals surface area contributed by atoms with Crippen molar-refractivity contribution in [1.82, 2.24) is 4.90 Å². The Bertz CT molecular complexity index is 577. The van der Waals surface area contributed by atoms with E-state index in [9.17, 15) is 14.9 Å². The molecule has 0 aliphatic carbocycles. The molecule has 2 aliphatic rings. The number of amides is 1. The highest BCUT2D eigenvalue weighted by atomic mass is 16.6. The Morgan fingerprint density at radius 1 is 1.41 bits per heavy atom. The highest BCUT2D eigenvalue weighted by Gasteiger charge is 2.40. The quantitative estimate of drug-likeness (QED) is 0.651. The first-order valence-corrected chi connectivity index (χ1v) is 7.42. The van der Waals surface area contributed by atoms with Crippen LogP contribution >= 0.6 is 0 Å². The summed E-state index contributed by atoms with van der Waals surface area (Å²) in [7, 11) is 0. The van der Waals surface area contributed by atoms with Crippen LogP contribution in [0.4, 0.5) is 5.88 Å². The number of nitrogens with two attached hydrogens (primary N) is 1. The zero-order valence-corrected chi connectivity index (χ0v) is 12.2. The van der Waals surface area contributed by atoms with Crippen molar-refractivity contribution in [2.45, 2.75) is 37.3 Å². The van der Waals surface area contributed by atoms with E-state index in [1.807, 2.05) is 0 Å². The molecule has 2 saturated heterocycles. The first-order valence-electron chi connectivity index (χ1n) is 7.42. The van der Waals surface area contributed by atoms with Crippen molar-refractivity contribution in [1.29, 1.82) is 0 Å². The molecule has 22 heavy (non-hydrogen) atoms. The number of likely N-dealkylation sites (tertiary alicyclic amines) is 1. The highest BCUT2D eigenvalue weighted by molar-refractivity contribution is 5.91. The van der Waals surface area contributed by atoms with Gasteiger partial charge in [0, 0.05) is 25.7 Å². The number of ether oxygens (including phenoxy) is 1. The SMILES string of the molecule is NC1CCOC2(CCN(C(=O)c3ccc([N+](=O)[O-])o3)CC2)C1. The van der Waals surface area contributed by atoms with Gasteiger partial charge in [-0.2, -0.15) is 0 Å². The number of furan rings is 1. The molecule has 120 valence electrons. The number of carbonyl (C=O) groups excluding carboxylic acids is 1. The van der Waals surface area contributed by atoms with Crippen molar-refractivity contribution in [3.63, 3.8) is 0 Å². The molecule has 1 atom stereocenters. The van der Waals surface area contributed by atoms with E-state index in [2.05, 4.69) is 0 Å². The molecule has 1 aromatic rings. The lowest BCUT2D eigenvalue weighted by molar-refractivity contribution is -0.402. The van der Waals surface area contributed by atoms with Gasteiger partial charge >= 0.3 is 5.88 Å². The summed E-state index contributed by atoms with van der Waals surface area (Å²) in [6, 6.07) is 2.70. The van der Waals surface area contributed by atoms with Crippen molar-refractivity contribution in [3.8, 4) is 0 Å². The number of hydrogen-bond donors (Lipinski definition) is 1. The Hall–Kier alpha value is -1.93. The van der Waals surface area contributed by atoms with E-state index >= 15 is 0 Å². The highest BCUT2D eigenvalue weighted by Crippen LogP contribution is 2.35. The van der Waals surface area contributed by atoms with Crippen LogP contribution in [-0.2, 0) is 4.74 Å². The third-order valence-corrected chi connectivity index (χ3v) is 4.48. The standard InChI is InChI=1S/C14H19N3O5/c15-10-3-8-21-14(9-10)4-6-16(7-5-14)13(18)11-1-2-12(22-11)17(19)20/h1-2,10H,3-9,15H2. The van der Waals surface area contributed by atoms with Crippen LogP contribution in [-0.4, -0.2) is 47.1 Å². The Labute approximate surface area is 127 Å². The maximum Gasteiger partial charge on any atom is 0.433 e. The monoisotopic (exact) mass is 309 g/mol. The second-order valence-corrected chi connectivity index (χ2v) is 5.97. The molecular weight excluding hydrogens is 290 g/mol. The average molecular weight is 309 g/mol. The Kier molecular flexibility index (Phi) is 3.88. The number of rotatable bonds is 2. The molecule has 3 rings (SSSR count). The summed E-state index contributed by atoms with van der Waals surface area (Å²) in [4.78, 5) is 23.9. The van der Waals surface area contributed by atoms with Gasteiger partial charge in [0.25, 0.3) is 5.91 Å². The molecule has 3 heterocycles. The van der Waals surface area contributed by atoms with Crippen molar-refractivity contribution >= 4 is 11.8 Å². The molecule has 0 saturated carbocycles. The minimum absolute atomic E-state index is 0.00362. The van der Waals surface area contributed by atoms with Crippen LogP contribution in [0.5, 0.6) is 0 Å². The van der Waals surface area contributed by atoms with E-state index in [0.29, 0.717) is 19.7 Å². The van der Waals surface area contributed by atoms with Gasteiger partial charge in [-0.1, -0.05) is 0 Å². The molecule has 2 aliphatic heterocycles. The van der Waals surface area contributed by atoms with E-state index in [1.54, 1.807) is 4.90 Å². The Morgan fingerprint density at radius 2 is 2.14 bits per heavy atom. The van der Waals surface area contributed by atoms with Gasteiger partial charge in [0.05, 0.1) is 11.7 Å². The smallest absolute Gasteiger partial charge is 0.395 e. The van der Waals surface area contributed by atoms with Crippen LogP contribution in [0.2, 0.25) is 0 Å². The molecule has 0 bridgehead atoms. The second kappa shape index (κ2) is 5.69. The molecule has 8 heteroatoms. The Balaban J connectivity index is 1.63. The maximum absolute atomic E-state index is 12.3. The van der Waals surface area contributed by atoms with Crippen LogP contribution < -0.4 is 5.73 Å². The number of nitro groups is 1. The Morgan fingerprint density at radius 3 is 2.73 bits per heavy atom. The van der Waals surface area contributed by atoms with Gasteiger partial charge in [0.15, 0.2) is 5.76 Å². The summed E-state index contributed by atoms with van der Waals surface area (Å²) in [6.07, 6.45) is 3.16. The molecule has 1 amide bonds. The van der Waals surface area contributed by atoms with Gasteiger partial charge in [0.1, 0.15) is 4.92 Å². The summed E-state index contributed by atoms with van der Waals surface area (Å²) in [6.45, 7) is 1.75. The lowest BCUT2D eigenvalue weighted by atomic mass is 9.82. The van der Waals surface area contributed by atoms with Gasteiger partial charge in [-0.3, -0.25) is 14.9 Å². The summed E-state index contributed by atoms with van der Waals surface area (Å²) in [5.74, 6) is -0.731. The van der Waals surface area contributed by atoms with E-state index in [1.165, 1.54) is 12.1 Å². The van der Waals surface area contributed by atoms with Crippen molar-refractivity contribution < 1.29 is 18.9 Å². The van der Waals surface area contributed by atoms with Crippen LogP contribution in [0.25, 0.3) is 0 Å². The summed E-state index contributed by atoms with van der Waals surface area (Å²) in [5, 5.41) is 10.6. The van der Waals surface area contributed by atoms with Gasteiger partial charge in [-0.05, 0) is 31.7 Å². The van der Waals surface area contributed by atoms with Crippen LogP contribution in [0.1, 0.15) is 36.2 Å². The molecule has 1 unspecified atom stereocenters. The number of nitrogens with zero attached hydrogens (tertiary/aromatic N) is 2. The summed E-state index contributed by atoms with van der Waals surface area (Å²) >= 11 is 0. The lowest BCUT2D eigenvalue weighted by Gasteiger charge is -2.45. The van der Waals surface area contributed by atoms with E-state index in [0.717, 1.165) is 25.7 Å². The van der Waals surface area contributed by atoms with Gasteiger partial charge in [-0.25, -0.2) is 0 Å². The van der Waals surface area contributed by atoms with E-state index < -0.39 is 10.8 Å². The second-order valence-electron chi connectivity index (χ2n) is 5.97. The van der Waals surface area contributed by atoms with Crippen molar-refractivity contribution in [2.24, 2.45) is 5.73 Å². The fourth-order valence-electron chi connectivity index (χ4n) is 3.23. The third kappa shape index (κ3) is 2.84. The van der Waals surface area contributed by atoms with E-state index in [4.69, 9.17) is 14.9 Å². The summed E-state index contributed by atoms with van der Waals surface area (Å²) < 4.78 is 10.9. The molecule has 1 spiro atoms. The molecule has 2 fully saturated rings. The van der Waals surface area contributed by atoms with Gasteiger partial charge in [0.2, 0.25) is 0 Å². The number of piperidine rings is 1. The molecule has 0 radical (unpaired) electrons. The van der Waals surface area contributed by atoms with Crippen molar-refractivity contribution in [3.05, 3.63) is 28.0 Å². The zero-order chi connectivity index (χ0) is 15.7. The lowest BCUT2D eigenvalue weighted by Crippen LogP contribution is -2.53. The fourth-order valence-corrected chi connectivity index (χ4v) is 3.23. The molecule has 8 nitrogen and oxygen atoms in total. The van der Waals surface area contributed by atoms with Crippen LogP contribution in [0.3, 0.4) is 0 Å². The summed E-state index contributed by atoms with van der Waals surface area (Å²) in [5.41, 5.74) is 5.80. The molecule has 1 aromatic heterocycles. The topological polar surface area (TPSA) is 112 Å². The maximum atomic E-state index is 12.3. The largest absolute Gasteiger partial charge is 0.433 e. The van der Waals surface area contributed by atoms with Crippen molar-refractivity contribution in [2.75, 3.05) is 19.7 Å². The first kappa shape index (κ1) is 15.0. The average Bonchev–Trinajstić information content (AvgIpc) is 2.97. The zero-order valence-electron chi connectivity index (χ0n) is 12.2. The normalized spacial score (nSPS) is 24.4. The predicted octanol–water partition coefficient (Wildman–Crippen LogP) is 1.30. The fraction of sp³-hybridized carbons (Fsp3) is 0.643. The van der Waals surface area contributed by atoms with E-state index in [-0.39, 0.29) is 23.3 Å². The van der Waals surface area contributed by atoms with Gasteiger partial charge in [-0.15, -0.1) is 0 Å². The predicted molar refractivity (Wildman–Crippen MR) is 76.4 cm³/mol. The minimum Gasteiger partial charge on any atom is -0.395 e. The minimum atomic E-state index is -0.654. The molecule has 0 aromatic carbocycles. The molecule has 2 N–H and O–H groups in total. The first-order chi connectivity index (χ1) is 10.5. The van der Waals surface area contributed by atoms with Crippen LogP contribution in [0, 0.1) is 10.1 Å². The third-order valence-electron chi connectivity index (χ3n) is 4.48. The molecular formula is C14H19N3O5. The van der Waals surface area contributed by atoms with Crippen LogP contribution in [0.15, 0.2) is 16.5 Å². The van der Waals surface area contributed by atoms with Gasteiger partial charge < -0.3 is 19.8 Å². The number of carbonyl (C=O) groups is 1.